The van der Waals surface area contributed by atoms with Gasteiger partial charge in [0.25, 0.3) is 0 Å². The largest absolute Gasteiger partial charge is 0.297 e. The van der Waals surface area contributed by atoms with Crippen molar-refractivity contribution in [2.24, 2.45) is 0 Å². The first kappa shape index (κ1) is 23.2. The SMILES string of the molecule is CCCCN(CCCC)C1CCCCC1(Cl)N(CCCC)CCCC. The molecule has 0 aromatic heterocycles. The van der Waals surface area contributed by atoms with Gasteiger partial charge in [-0.3, -0.25) is 9.80 Å². The molecule has 3 heteroatoms. The Morgan fingerprint density at radius 3 is 1.72 bits per heavy atom. The minimum atomic E-state index is -0.135. The molecule has 1 aliphatic rings. The lowest BCUT2D eigenvalue weighted by atomic mass is 9.86. The summed E-state index contributed by atoms with van der Waals surface area (Å²) >= 11 is 7.52. The average Bonchev–Trinajstić information content (AvgIpc) is 2.62. The molecule has 0 amide bonds. The van der Waals surface area contributed by atoms with Gasteiger partial charge in [-0.1, -0.05) is 66.2 Å². The van der Waals surface area contributed by atoms with Gasteiger partial charge in [-0.15, -0.1) is 11.6 Å². The van der Waals surface area contributed by atoms with Crippen molar-refractivity contribution in [1.29, 1.82) is 0 Å². The van der Waals surface area contributed by atoms with Crippen molar-refractivity contribution in [2.45, 2.75) is 116 Å². The molecule has 0 spiro atoms. The normalized spacial score (nSPS) is 24.4. The number of hydrogen-bond acceptors (Lipinski definition) is 2. The van der Waals surface area contributed by atoms with Crippen LogP contribution < -0.4 is 0 Å². The second kappa shape index (κ2) is 13.4. The standard InChI is InChI=1S/C22H45ClN2/c1-5-9-17-24(18-10-6-2)21-15-13-14-16-22(21,23)25(19-11-7-3)20-12-8-4/h21H,5-20H2,1-4H3. The molecular formula is C22H45ClN2. The molecule has 2 nitrogen and oxygen atoms in total. The number of unbranched alkanes of at least 4 members (excludes halogenated alkanes) is 4. The zero-order chi connectivity index (χ0) is 18.5. The van der Waals surface area contributed by atoms with Gasteiger partial charge in [0, 0.05) is 6.04 Å². The smallest absolute Gasteiger partial charge is 0.112 e. The van der Waals surface area contributed by atoms with Crippen LogP contribution in [0.2, 0.25) is 0 Å². The summed E-state index contributed by atoms with van der Waals surface area (Å²) in [6.45, 7) is 14.0. The molecule has 1 saturated carbocycles. The van der Waals surface area contributed by atoms with E-state index < -0.39 is 0 Å². The van der Waals surface area contributed by atoms with Crippen LogP contribution in [0.1, 0.15) is 105 Å². The molecule has 0 aromatic carbocycles. The van der Waals surface area contributed by atoms with Crippen LogP contribution in [-0.2, 0) is 0 Å². The van der Waals surface area contributed by atoms with Gasteiger partial charge < -0.3 is 0 Å². The van der Waals surface area contributed by atoms with Crippen LogP contribution >= 0.6 is 11.6 Å². The molecule has 0 heterocycles. The fourth-order valence-electron chi connectivity index (χ4n) is 4.26. The zero-order valence-electron chi connectivity index (χ0n) is 17.7. The summed E-state index contributed by atoms with van der Waals surface area (Å²) in [6.07, 6.45) is 15.3. The highest BCUT2D eigenvalue weighted by atomic mass is 35.5. The van der Waals surface area contributed by atoms with E-state index in [1.165, 1.54) is 103 Å². The predicted octanol–water partition coefficient (Wildman–Crippen LogP) is 6.67. The molecule has 0 bridgehead atoms. The molecular weight excluding hydrogens is 328 g/mol. The maximum atomic E-state index is 7.52. The van der Waals surface area contributed by atoms with E-state index >= 15 is 0 Å². The van der Waals surface area contributed by atoms with Gasteiger partial charge >= 0.3 is 0 Å². The monoisotopic (exact) mass is 372 g/mol. The molecule has 0 aliphatic heterocycles. The summed E-state index contributed by atoms with van der Waals surface area (Å²) in [5, 5.41) is 0. The zero-order valence-corrected chi connectivity index (χ0v) is 18.4. The van der Waals surface area contributed by atoms with Crippen LogP contribution in [-0.4, -0.2) is 47.0 Å². The molecule has 2 atom stereocenters. The fourth-order valence-corrected chi connectivity index (χ4v) is 4.81. The minimum absolute atomic E-state index is 0.135. The summed E-state index contributed by atoms with van der Waals surface area (Å²) in [6, 6.07) is 0.537. The molecule has 0 radical (unpaired) electrons. The van der Waals surface area contributed by atoms with Gasteiger partial charge in [0.2, 0.25) is 0 Å². The van der Waals surface area contributed by atoms with Crippen LogP contribution in [0.25, 0.3) is 0 Å². The molecule has 1 rings (SSSR count). The van der Waals surface area contributed by atoms with Crippen molar-refractivity contribution >= 4 is 11.6 Å². The molecule has 1 aliphatic carbocycles. The molecule has 2 unspecified atom stereocenters. The van der Waals surface area contributed by atoms with Gasteiger partial charge in [-0.05, 0) is 64.7 Å². The van der Waals surface area contributed by atoms with Gasteiger partial charge in [-0.25, -0.2) is 0 Å². The second-order valence-electron chi connectivity index (χ2n) is 8.02. The number of nitrogens with zero attached hydrogens (tertiary/aromatic N) is 2. The molecule has 0 saturated heterocycles. The first-order valence-electron chi connectivity index (χ1n) is 11.3. The van der Waals surface area contributed by atoms with Gasteiger partial charge in [0.05, 0.1) is 0 Å². The highest BCUT2D eigenvalue weighted by Gasteiger charge is 2.45. The molecule has 150 valence electrons. The van der Waals surface area contributed by atoms with Crippen molar-refractivity contribution in [3.05, 3.63) is 0 Å². The number of alkyl halides is 1. The Morgan fingerprint density at radius 2 is 1.24 bits per heavy atom. The lowest BCUT2D eigenvalue weighted by molar-refractivity contribution is 0.0171. The predicted molar refractivity (Wildman–Crippen MR) is 114 cm³/mol. The van der Waals surface area contributed by atoms with Crippen molar-refractivity contribution in [2.75, 3.05) is 26.2 Å². The Hall–Kier alpha value is 0.210. The summed E-state index contributed by atoms with van der Waals surface area (Å²) in [5.74, 6) is 0. The summed E-state index contributed by atoms with van der Waals surface area (Å²) in [7, 11) is 0. The average molecular weight is 373 g/mol. The Bertz CT molecular complexity index is 307. The highest BCUT2D eigenvalue weighted by Crippen LogP contribution is 2.41. The number of halogens is 1. The Morgan fingerprint density at radius 1 is 0.760 bits per heavy atom. The van der Waals surface area contributed by atoms with E-state index in [-0.39, 0.29) is 5.00 Å². The maximum Gasteiger partial charge on any atom is 0.112 e. The topological polar surface area (TPSA) is 6.48 Å². The van der Waals surface area contributed by atoms with Crippen molar-refractivity contribution in [1.82, 2.24) is 9.80 Å². The number of hydrogen-bond donors (Lipinski definition) is 0. The summed E-state index contributed by atoms with van der Waals surface area (Å²) < 4.78 is 0. The lowest BCUT2D eigenvalue weighted by Gasteiger charge is -2.51. The van der Waals surface area contributed by atoms with Gasteiger partial charge in [-0.2, -0.15) is 0 Å². The Labute approximate surface area is 163 Å². The first-order chi connectivity index (χ1) is 12.1. The van der Waals surface area contributed by atoms with Crippen molar-refractivity contribution in [3.8, 4) is 0 Å². The summed E-state index contributed by atoms with van der Waals surface area (Å²) in [4.78, 5) is 5.31. The van der Waals surface area contributed by atoms with E-state index in [1.54, 1.807) is 0 Å². The van der Waals surface area contributed by atoms with E-state index in [1.807, 2.05) is 0 Å². The number of rotatable bonds is 14. The Kier molecular flexibility index (Phi) is 12.5. The summed E-state index contributed by atoms with van der Waals surface area (Å²) in [5.41, 5.74) is 0. The lowest BCUT2D eigenvalue weighted by Crippen LogP contribution is -2.61. The second-order valence-corrected chi connectivity index (χ2v) is 8.67. The van der Waals surface area contributed by atoms with Crippen LogP contribution in [0.4, 0.5) is 0 Å². The van der Waals surface area contributed by atoms with Gasteiger partial charge in [0.1, 0.15) is 5.00 Å². The van der Waals surface area contributed by atoms with Crippen LogP contribution in [0.3, 0.4) is 0 Å². The maximum absolute atomic E-state index is 7.52. The van der Waals surface area contributed by atoms with E-state index in [4.69, 9.17) is 11.6 Å². The third-order valence-electron chi connectivity index (χ3n) is 5.89. The highest BCUT2D eigenvalue weighted by molar-refractivity contribution is 6.24. The van der Waals surface area contributed by atoms with E-state index in [0.29, 0.717) is 6.04 Å². The molecule has 0 N–H and O–H groups in total. The van der Waals surface area contributed by atoms with E-state index in [0.717, 1.165) is 0 Å². The van der Waals surface area contributed by atoms with Crippen molar-refractivity contribution in [3.63, 3.8) is 0 Å². The van der Waals surface area contributed by atoms with E-state index in [2.05, 4.69) is 37.5 Å². The molecule has 0 aromatic rings. The molecule has 1 fully saturated rings. The van der Waals surface area contributed by atoms with Crippen LogP contribution in [0, 0.1) is 0 Å². The van der Waals surface area contributed by atoms with Crippen LogP contribution in [0.5, 0.6) is 0 Å². The third kappa shape index (κ3) is 7.39. The quantitative estimate of drug-likeness (QED) is 0.248. The van der Waals surface area contributed by atoms with Gasteiger partial charge in [0.15, 0.2) is 0 Å². The third-order valence-corrected chi connectivity index (χ3v) is 6.57. The van der Waals surface area contributed by atoms with E-state index in [9.17, 15) is 0 Å². The minimum Gasteiger partial charge on any atom is -0.297 e. The Balaban J connectivity index is 2.95. The van der Waals surface area contributed by atoms with Crippen LogP contribution in [0.15, 0.2) is 0 Å². The molecule has 25 heavy (non-hydrogen) atoms. The fraction of sp³-hybridized carbons (Fsp3) is 1.00. The van der Waals surface area contributed by atoms with Crippen molar-refractivity contribution < 1.29 is 0 Å². The first-order valence-corrected chi connectivity index (χ1v) is 11.7.